The second-order valence-corrected chi connectivity index (χ2v) is 9.21. The maximum Gasteiger partial charge on any atom is 0.303 e. The van der Waals surface area contributed by atoms with Crippen LogP contribution in [-0.2, 0) is 11.4 Å². The number of carbonyl (C=O) groups excluding carboxylic acids is 1. The van der Waals surface area contributed by atoms with Crippen LogP contribution in [0.15, 0.2) is 89.8 Å². The van der Waals surface area contributed by atoms with Crippen LogP contribution in [0.2, 0.25) is 0 Å². The van der Waals surface area contributed by atoms with Gasteiger partial charge in [-0.3, -0.25) is 14.6 Å². The molecule has 1 N–H and O–H groups in total. The molecule has 4 rings (SSSR count). The Hall–Kier alpha value is -4.23. The molecule has 0 fully saturated rings. The van der Waals surface area contributed by atoms with Crippen molar-refractivity contribution < 1.29 is 24.2 Å². The highest BCUT2D eigenvalue weighted by atomic mass is 32.1. The van der Waals surface area contributed by atoms with Crippen molar-refractivity contribution >= 4 is 29.2 Å². The molecule has 0 radical (unpaired) electrons. The van der Waals surface area contributed by atoms with E-state index in [1.54, 1.807) is 41.8 Å². The molecule has 6 nitrogen and oxygen atoms in total. The van der Waals surface area contributed by atoms with E-state index in [0.717, 1.165) is 16.7 Å². The molecule has 0 aliphatic rings. The Morgan fingerprint density at radius 2 is 1.92 bits per heavy atom. The Balaban J connectivity index is 1.66. The van der Waals surface area contributed by atoms with Crippen LogP contribution in [-0.4, -0.2) is 21.8 Å². The Bertz CT molecular complexity index is 1370. The number of pyridine rings is 1. The van der Waals surface area contributed by atoms with Crippen LogP contribution >= 0.6 is 11.3 Å². The predicted octanol–water partition coefficient (Wildman–Crippen LogP) is 6.91. The van der Waals surface area contributed by atoms with Crippen molar-refractivity contribution in [3.8, 4) is 11.5 Å². The second kappa shape index (κ2) is 12.6. The topological polar surface area (TPSA) is 85.7 Å². The molecule has 0 aliphatic carbocycles. The summed E-state index contributed by atoms with van der Waals surface area (Å²) in [5.74, 6) is -0.290. The number of ether oxygens (including phenoxy) is 2. The smallest absolute Gasteiger partial charge is 0.303 e. The maximum atomic E-state index is 13.2. The number of allylic oxidation sites excluding steroid dienone is 1. The molecular formula is C30H27NO5S. The number of aryl methyl sites for hydroxylation is 1. The number of hydrogen-bond acceptors (Lipinski definition) is 6. The summed E-state index contributed by atoms with van der Waals surface area (Å²) in [5.41, 5.74) is 3.91. The van der Waals surface area contributed by atoms with E-state index in [-0.39, 0.29) is 18.6 Å². The van der Waals surface area contributed by atoms with Gasteiger partial charge in [0.05, 0.1) is 11.3 Å². The summed E-state index contributed by atoms with van der Waals surface area (Å²) >= 11 is 1.59. The second-order valence-electron chi connectivity index (χ2n) is 8.43. The molecule has 0 amide bonds. The number of nitrogens with zero attached hydrogens (tertiary/aromatic N) is 1. The fourth-order valence-electron chi connectivity index (χ4n) is 3.79. The molecule has 1 atom stereocenters. The number of rotatable bonds is 12. The van der Waals surface area contributed by atoms with Crippen LogP contribution < -0.4 is 9.47 Å². The molecule has 2 aromatic carbocycles. The van der Waals surface area contributed by atoms with Crippen LogP contribution in [0.5, 0.6) is 11.5 Å². The maximum absolute atomic E-state index is 13.2. The van der Waals surface area contributed by atoms with Crippen molar-refractivity contribution in [2.45, 2.75) is 32.5 Å². The van der Waals surface area contributed by atoms with E-state index in [1.807, 2.05) is 66.2 Å². The van der Waals surface area contributed by atoms with Gasteiger partial charge in [0, 0.05) is 18.7 Å². The van der Waals surface area contributed by atoms with Crippen molar-refractivity contribution in [2.75, 3.05) is 0 Å². The molecule has 2 aromatic heterocycles. The number of aliphatic carboxylic acids is 1. The standard InChI is InChI=1S/C30H27NO5S/c1-21-6-2-3-8-25(21)28(13-14-30(33)34)36-29-18-24(35-19-22-15-17-37-20-22)10-11-26(29)27(32)12-9-23-7-4-5-16-31-23/h2-12,15-18,20,28H,13-14,19H2,1H3,(H,33,34)/b12-9+/t28-/m0/s1. The van der Waals surface area contributed by atoms with E-state index < -0.39 is 12.1 Å². The van der Waals surface area contributed by atoms with Crippen molar-refractivity contribution in [1.29, 1.82) is 0 Å². The normalized spacial score (nSPS) is 11.8. The first-order valence-electron chi connectivity index (χ1n) is 11.8. The van der Waals surface area contributed by atoms with Gasteiger partial charge in [0.15, 0.2) is 5.78 Å². The average Bonchev–Trinajstić information content (AvgIpc) is 3.43. The van der Waals surface area contributed by atoms with Crippen molar-refractivity contribution in [3.63, 3.8) is 0 Å². The van der Waals surface area contributed by atoms with E-state index in [1.165, 1.54) is 6.08 Å². The van der Waals surface area contributed by atoms with Crippen LogP contribution in [0.3, 0.4) is 0 Å². The number of carbonyl (C=O) groups is 2. The SMILES string of the molecule is Cc1ccccc1[C@H](CCC(=O)O)Oc1cc(OCc2ccsc2)ccc1C(=O)/C=C/c1ccccn1. The average molecular weight is 514 g/mol. The summed E-state index contributed by atoms with van der Waals surface area (Å²) in [6, 6.07) is 20.2. The third kappa shape index (κ3) is 7.38. The number of aromatic nitrogens is 1. The third-order valence-corrected chi connectivity index (χ3v) is 6.45. The number of hydrogen-bond donors (Lipinski definition) is 1. The number of benzene rings is 2. The first-order chi connectivity index (χ1) is 18.0. The van der Waals surface area contributed by atoms with E-state index in [4.69, 9.17) is 9.47 Å². The fraction of sp³-hybridized carbons (Fsp3) is 0.167. The molecule has 4 aromatic rings. The van der Waals surface area contributed by atoms with Gasteiger partial charge in [0.2, 0.25) is 0 Å². The van der Waals surface area contributed by atoms with Crippen LogP contribution in [0.4, 0.5) is 0 Å². The highest BCUT2D eigenvalue weighted by Gasteiger charge is 2.21. The van der Waals surface area contributed by atoms with Gasteiger partial charge in [-0.2, -0.15) is 11.3 Å². The summed E-state index contributed by atoms with van der Waals surface area (Å²) in [4.78, 5) is 28.8. The zero-order valence-corrected chi connectivity index (χ0v) is 21.2. The minimum Gasteiger partial charge on any atom is -0.489 e. The van der Waals surface area contributed by atoms with Gasteiger partial charge < -0.3 is 14.6 Å². The number of carboxylic acids is 1. The van der Waals surface area contributed by atoms with Gasteiger partial charge in [0.25, 0.3) is 0 Å². The monoisotopic (exact) mass is 513 g/mol. The molecule has 0 saturated carbocycles. The summed E-state index contributed by atoms with van der Waals surface area (Å²) in [7, 11) is 0. The predicted molar refractivity (Wildman–Crippen MR) is 144 cm³/mol. The fourth-order valence-corrected chi connectivity index (χ4v) is 4.45. The zero-order chi connectivity index (χ0) is 26.0. The lowest BCUT2D eigenvalue weighted by molar-refractivity contribution is -0.137. The molecule has 0 spiro atoms. The van der Waals surface area contributed by atoms with Crippen LogP contribution in [0.1, 0.15) is 51.7 Å². The lowest BCUT2D eigenvalue weighted by atomic mass is 9.99. The van der Waals surface area contributed by atoms with E-state index in [0.29, 0.717) is 29.4 Å². The summed E-state index contributed by atoms with van der Waals surface area (Å²) in [6.07, 6.45) is 4.38. The largest absolute Gasteiger partial charge is 0.489 e. The van der Waals surface area contributed by atoms with Gasteiger partial charge in [-0.25, -0.2) is 0 Å². The highest BCUT2D eigenvalue weighted by Crippen LogP contribution is 2.33. The van der Waals surface area contributed by atoms with Crippen molar-refractivity contribution in [1.82, 2.24) is 4.98 Å². The third-order valence-electron chi connectivity index (χ3n) is 5.72. The Kier molecular flexibility index (Phi) is 8.84. The van der Waals surface area contributed by atoms with Crippen LogP contribution in [0, 0.1) is 6.92 Å². The minimum absolute atomic E-state index is 0.0732. The first-order valence-corrected chi connectivity index (χ1v) is 12.8. The van der Waals surface area contributed by atoms with Crippen LogP contribution in [0.25, 0.3) is 6.08 Å². The van der Waals surface area contributed by atoms with E-state index in [2.05, 4.69) is 4.98 Å². The molecule has 37 heavy (non-hydrogen) atoms. The molecule has 188 valence electrons. The molecule has 0 saturated heterocycles. The molecular weight excluding hydrogens is 486 g/mol. The summed E-state index contributed by atoms with van der Waals surface area (Å²) in [6.45, 7) is 2.34. The summed E-state index contributed by atoms with van der Waals surface area (Å²) in [5, 5.41) is 13.3. The number of thiophene rings is 1. The molecule has 0 aliphatic heterocycles. The van der Waals surface area contributed by atoms with Gasteiger partial charge in [-0.05, 0) is 83.3 Å². The molecule has 0 unspecified atom stereocenters. The molecule has 2 heterocycles. The van der Waals surface area contributed by atoms with Gasteiger partial charge in [-0.1, -0.05) is 30.3 Å². The Morgan fingerprint density at radius 1 is 1.08 bits per heavy atom. The minimum atomic E-state index is -0.912. The van der Waals surface area contributed by atoms with E-state index >= 15 is 0 Å². The Morgan fingerprint density at radius 3 is 2.65 bits per heavy atom. The van der Waals surface area contributed by atoms with Gasteiger partial charge in [-0.15, -0.1) is 0 Å². The lowest BCUT2D eigenvalue weighted by Gasteiger charge is -2.22. The zero-order valence-electron chi connectivity index (χ0n) is 20.4. The quantitative estimate of drug-likeness (QED) is 0.164. The van der Waals surface area contributed by atoms with Crippen molar-refractivity contribution in [3.05, 3.63) is 118 Å². The van der Waals surface area contributed by atoms with E-state index in [9.17, 15) is 14.7 Å². The van der Waals surface area contributed by atoms with Gasteiger partial charge >= 0.3 is 5.97 Å². The number of ketones is 1. The number of carboxylic acid groups (broad SMARTS) is 1. The van der Waals surface area contributed by atoms with Gasteiger partial charge in [0.1, 0.15) is 24.2 Å². The van der Waals surface area contributed by atoms with Crippen molar-refractivity contribution in [2.24, 2.45) is 0 Å². The molecule has 0 bridgehead atoms. The lowest BCUT2D eigenvalue weighted by Crippen LogP contribution is -2.13. The summed E-state index contributed by atoms with van der Waals surface area (Å²) < 4.78 is 12.4. The Labute approximate surface area is 219 Å². The molecule has 7 heteroatoms. The highest BCUT2D eigenvalue weighted by molar-refractivity contribution is 7.07. The first kappa shape index (κ1) is 25.9.